The third-order valence-corrected chi connectivity index (χ3v) is 1.80. The van der Waals surface area contributed by atoms with E-state index in [1.807, 2.05) is 0 Å². The van der Waals surface area contributed by atoms with E-state index in [1.54, 1.807) is 0 Å². The van der Waals surface area contributed by atoms with E-state index in [0.29, 0.717) is 39.5 Å². The summed E-state index contributed by atoms with van der Waals surface area (Å²) in [6, 6.07) is 0. The zero-order valence-corrected chi connectivity index (χ0v) is 10.1. The van der Waals surface area contributed by atoms with Crippen molar-refractivity contribution in [3.05, 3.63) is 0 Å². The highest BCUT2D eigenvalue weighted by atomic mass is 16.5. The average molecular weight is 248 g/mol. The maximum atomic E-state index is 10.6. The first-order chi connectivity index (χ1) is 8.13. The molecule has 0 fully saturated rings. The number of aliphatic carboxylic acids is 1. The summed E-state index contributed by atoms with van der Waals surface area (Å²) in [7, 11) is 0. The molecular weight excluding hydrogens is 228 g/mol. The van der Waals surface area contributed by atoms with Gasteiger partial charge >= 0.3 is 5.97 Å². The molecule has 1 N–H and O–H groups in total. The molecule has 0 aliphatic rings. The normalized spacial score (nSPS) is 10.4. The summed E-state index contributed by atoms with van der Waals surface area (Å²) in [4.78, 5) is 20.7. The molecule has 100 valence electrons. The largest absolute Gasteiger partial charge is 0.481 e. The molecule has 0 spiro atoms. The van der Waals surface area contributed by atoms with Gasteiger partial charge < -0.3 is 19.3 Å². The maximum Gasteiger partial charge on any atom is 0.305 e. The van der Waals surface area contributed by atoms with Crippen molar-refractivity contribution in [2.75, 3.05) is 39.6 Å². The molecule has 0 rings (SSSR count). The van der Waals surface area contributed by atoms with Crippen molar-refractivity contribution >= 4 is 11.8 Å². The molecule has 6 heteroatoms. The van der Waals surface area contributed by atoms with Gasteiger partial charge in [-0.25, -0.2) is 0 Å². The van der Waals surface area contributed by atoms with Crippen LogP contribution in [0.15, 0.2) is 0 Å². The van der Waals surface area contributed by atoms with Gasteiger partial charge in [-0.05, 0) is 6.92 Å². The third kappa shape index (κ3) is 15.0. The van der Waals surface area contributed by atoms with Crippen LogP contribution in [-0.4, -0.2) is 56.5 Å². The minimum atomic E-state index is -0.871. The van der Waals surface area contributed by atoms with Crippen LogP contribution in [0.4, 0.5) is 0 Å². The van der Waals surface area contributed by atoms with E-state index in [0.717, 1.165) is 0 Å². The van der Waals surface area contributed by atoms with E-state index < -0.39 is 5.97 Å². The fourth-order valence-electron chi connectivity index (χ4n) is 0.917. The molecule has 6 nitrogen and oxygen atoms in total. The predicted octanol–water partition coefficient (Wildman–Crippen LogP) is 0.490. The van der Waals surface area contributed by atoms with Crippen LogP contribution in [0.1, 0.15) is 19.8 Å². The van der Waals surface area contributed by atoms with Gasteiger partial charge in [-0.3, -0.25) is 9.59 Å². The fourth-order valence-corrected chi connectivity index (χ4v) is 0.917. The van der Waals surface area contributed by atoms with Gasteiger partial charge in [0.25, 0.3) is 0 Å². The van der Waals surface area contributed by atoms with Gasteiger partial charge in [0, 0.05) is 6.42 Å². The highest BCUT2D eigenvalue weighted by molar-refractivity contribution is 5.75. The number of ether oxygens (including phenoxy) is 3. The van der Waals surface area contributed by atoms with Crippen molar-refractivity contribution in [3.63, 3.8) is 0 Å². The van der Waals surface area contributed by atoms with E-state index in [1.165, 1.54) is 6.92 Å². The number of carboxylic acids is 1. The van der Waals surface area contributed by atoms with Crippen molar-refractivity contribution < 1.29 is 28.9 Å². The summed E-state index contributed by atoms with van der Waals surface area (Å²) in [6.45, 7) is 3.83. The Morgan fingerprint density at radius 1 is 0.824 bits per heavy atom. The molecule has 0 saturated heterocycles. The van der Waals surface area contributed by atoms with Crippen LogP contribution in [0.5, 0.6) is 0 Å². The number of hydrogen-bond donors (Lipinski definition) is 1. The minimum absolute atomic E-state index is 0.00809. The Balaban J connectivity index is 2.98. The second kappa shape index (κ2) is 11.5. The molecular formula is C11H20O6. The number of carbonyl (C=O) groups excluding carboxylic acids is 1. The summed E-state index contributed by atoms with van der Waals surface area (Å²) in [6.07, 6.45) is 0.437. The molecule has 0 bridgehead atoms. The molecule has 0 aliphatic heterocycles. The van der Waals surface area contributed by atoms with Crippen LogP contribution < -0.4 is 0 Å². The van der Waals surface area contributed by atoms with Gasteiger partial charge in [-0.1, -0.05) is 0 Å². The molecule has 0 saturated carbocycles. The van der Waals surface area contributed by atoms with Crippen molar-refractivity contribution in [1.82, 2.24) is 0 Å². The highest BCUT2D eigenvalue weighted by Gasteiger charge is 1.96. The van der Waals surface area contributed by atoms with E-state index >= 15 is 0 Å². The number of Topliss-reactive ketones (excluding diaryl/α,β-unsaturated/α-hetero) is 1. The molecule has 0 aromatic carbocycles. The van der Waals surface area contributed by atoms with E-state index in [4.69, 9.17) is 19.3 Å². The van der Waals surface area contributed by atoms with Crippen LogP contribution in [0, 0.1) is 0 Å². The van der Waals surface area contributed by atoms with E-state index in [-0.39, 0.29) is 18.8 Å². The fraction of sp³-hybridized carbons (Fsp3) is 0.818. The zero-order chi connectivity index (χ0) is 12.9. The lowest BCUT2D eigenvalue weighted by molar-refractivity contribution is -0.138. The summed E-state index contributed by atoms with van der Waals surface area (Å²) in [5, 5.41) is 8.32. The van der Waals surface area contributed by atoms with Gasteiger partial charge in [0.1, 0.15) is 5.78 Å². The topological polar surface area (TPSA) is 82.1 Å². The SMILES string of the molecule is CC(=O)CCOCCOCCOCCC(=O)O. The zero-order valence-electron chi connectivity index (χ0n) is 10.1. The van der Waals surface area contributed by atoms with E-state index in [2.05, 4.69) is 0 Å². The van der Waals surface area contributed by atoms with Gasteiger partial charge in [0.2, 0.25) is 0 Å². The van der Waals surface area contributed by atoms with Crippen molar-refractivity contribution in [1.29, 1.82) is 0 Å². The Kier molecular flexibility index (Phi) is 10.8. The Labute approximate surface area is 101 Å². The second-order valence-corrected chi connectivity index (χ2v) is 3.43. The molecule has 0 amide bonds. The smallest absolute Gasteiger partial charge is 0.305 e. The molecule has 0 heterocycles. The summed E-state index contributed by atoms with van der Waals surface area (Å²) in [5.41, 5.74) is 0. The Morgan fingerprint density at radius 2 is 1.24 bits per heavy atom. The van der Waals surface area contributed by atoms with Crippen LogP contribution in [0.2, 0.25) is 0 Å². The van der Waals surface area contributed by atoms with Crippen molar-refractivity contribution in [3.8, 4) is 0 Å². The second-order valence-electron chi connectivity index (χ2n) is 3.43. The first-order valence-corrected chi connectivity index (χ1v) is 5.57. The average Bonchev–Trinajstić information content (AvgIpc) is 2.25. The lowest BCUT2D eigenvalue weighted by Crippen LogP contribution is -2.11. The lowest BCUT2D eigenvalue weighted by atomic mass is 10.3. The Hall–Kier alpha value is -0.980. The number of carboxylic acid groups (broad SMARTS) is 1. The number of rotatable bonds is 12. The molecule has 0 aliphatic carbocycles. The first kappa shape index (κ1) is 16.0. The Morgan fingerprint density at radius 3 is 1.65 bits per heavy atom. The van der Waals surface area contributed by atoms with Crippen LogP contribution in [0.25, 0.3) is 0 Å². The van der Waals surface area contributed by atoms with E-state index in [9.17, 15) is 9.59 Å². The summed E-state index contributed by atoms with van der Waals surface area (Å²) >= 11 is 0. The van der Waals surface area contributed by atoms with Crippen LogP contribution >= 0.6 is 0 Å². The molecule has 0 aromatic rings. The third-order valence-electron chi connectivity index (χ3n) is 1.80. The monoisotopic (exact) mass is 248 g/mol. The van der Waals surface area contributed by atoms with Gasteiger partial charge in [-0.2, -0.15) is 0 Å². The first-order valence-electron chi connectivity index (χ1n) is 5.57. The summed E-state index contributed by atoms with van der Waals surface area (Å²) < 4.78 is 15.3. The quantitative estimate of drug-likeness (QED) is 0.506. The van der Waals surface area contributed by atoms with Crippen LogP contribution in [-0.2, 0) is 23.8 Å². The number of carbonyl (C=O) groups is 2. The van der Waals surface area contributed by atoms with Crippen molar-refractivity contribution in [2.45, 2.75) is 19.8 Å². The van der Waals surface area contributed by atoms with Gasteiger partial charge in [0.05, 0.1) is 46.1 Å². The lowest BCUT2D eigenvalue weighted by Gasteiger charge is -2.05. The Bertz CT molecular complexity index is 194. The highest BCUT2D eigenvalue weighted by Crippen LogP contribution is 1.86. The molecule has 0 atom stereocenters. The predicted molar refractivity (Wildman–Crippen MR) is 60.0 cm³/mol. The van der Waals surface area contributed by atoms with Gasteiger partial charge in [-0.15, -0.1) is 0 Å². The minimum Gasteiger partial charge on any atom is -0.481 e. The standard InChI is InChI=1S/C11H20O6/c1-10(12)2-4-15-6-8-17-9-7-16-5-3-11(13)14/h2-9H2,1H3,(H,13,14). The summed E-state index contributed by atoms with van der Waals surface area (Å²) in [5.74, 6) is -0.762. The van der Waals surface area contributed by atoms with Crippen molar-refractivity contribution in [2.24, 2.45) is 0 Å². The molecule has 0 aromatic heterocycles. The number of ketones is 1. The molecule has 17 heavy (non-hydrogen) atoms. The van der Waals surface area contributed by atoms with Gasteiger partial charge in [0.15, 0.2) is 0 Å². The maximum absolute atomic E-state index is 10.6. The number of hydrogen-bond acceptors (Lipinski definition) is 5. The molecule has 0 unspecified atom stereocenters. The van der Waals surface area contributed by atoms with Crippen LogP contribution in [0.3, 0.4) is 0 Å². The molecule has 0 radical (unpaired) electrons.